The number of hydrogen-bond acceptors (Lipinski definition) is 4. The van der Waals surface area contributed by atoms with E-state index in [1.807, 2.05) is 12.5 Å². The van der Waals surface area contributed by atoms with Crippen LogP contribution in [0.2, 0.25) is 0 Å². The van der Waals surface area contributed by atoms with Crippen molar-refractivity contribution in [2.24, 2.45) is 5.73 Å². The Balaban J connectivity index is 2.56. The van der Waals surface area contributed by atoms with E-state index in [1.54, 1.807) is 0 Å². The van der Waals surface area contributed by atoms with E-state index in [2.05, 4.69) is 47.5 Å². The molecule has 0 aliphatic carbocycles. The Bertz CT molecular complexity index is 343. The van der Waals surface area contributed by atoms with Gasteiger partial charge in [0.2, 0.25) is 0 Å². The molecule has 0 saturated heterocycles. The molecular formula is C14H29N5. The van der Waals surface area contributed by atoms with Crippen molar-refractivity contribution in [3.63, 3.8) is 0 Å². The molecule has 0 saturated carbocycles. The number of aromatic nitrogens is 2. The summed E-state index contributed by atoms with van der Waals surface area (Å²) in [6, 6.07) is 0.594. The van der Waals surface area contributed by atoms with Crippen LogP contribution >= 0.6 is 0 Å². The van der Waals surface area contributed by atoms with Crippen LogP contribution in [0.15, 0.2) is 12.5 Å². The largest absolute Gasteiger partial charge is 0.331 e. The standard InChI is InChI=1S/C14H29N5/c1-5-18(6-2)8-7-17-13(9-15)14-10-16-11-19(14)12(3)4/h10-13,17H,5-9,15H2,1-4H3. The third kappa shape index (κ3) is 4.60. The second-order valence-corrected chi connectivity index (χ2v) is 5.09. The summed E-state index contributed by atoms with van der Waals surface area (Å²) in [5, 5.41) is 3.54. The van der Waals surface area contributed by atoms with Crippen LogP contribution in [0.25, 0.3) is 0 Å². The summed E-state index contributed by atoms with van der Waals surface area (Å²) in [4.78, 5) is 6.65. The molecule has 0 aliphatic rings. The van der Waals surface area contributed by atoms with Gasteiger partial charge in [0.25, 0.3) is 0 Å². The Morgan fingerprint density at radius 1 is 1.37 bits per heavy atom. The average Bonchev–Trinajstić information content (AvgIpc) is 2.88. The summed E-state index contributed by atoms with van der Waals surface area (Å²) < 4.78 is 2.18. The van der Waals surface area contributed by atoms with Gasteiger partial charge in [-0.1, -0.05) is 13.8 Å². The summed E-state index contributed by atoms with van der Waals surface area (Å²) in [6.45, 7) is 13.5. The SMILES string of the molecule is CCN(CC)CCNC(CN)c1cncn1C(C)C. The Morgan fingerprint density at radius 3 is 2.58 bits per heavy atom. The summed E-state index contributed by atoms with van der Waals surface area (Å²) in [7, 11) is 0. The molecule has 0 amide bonds. The van der Waals surface area contributed by atoms with Crippen LogP contribution in [0, 0.1) is 0 Å². The Kier molecular flexibility index (Phi) is 7.05. The van der Waals surface area contributed by atoms with Crippen molar-refractivity contribution in [2.45, 2.75) is 39.8 Å². The molecule has 1 heterocycles. The maximum absolute atomic E-state index is 5.90. The zero-order chi connectivity index (χ0) is 14.3. The first-order valence-corrected chi connectivity index (χ1v) is 7.31. The van der Waals surface area contributed by atoms with Crippen LogP contribution in [0.4, 0.5) is 0 Å². The van der Waals surface area contributed by atoms with E-state index in [1.165, 1.54) is 5.69 Å². The molecular weight excluding hydrogens is 238 g/mol. The van der Waals surface area contributed by atoms with Crippen LogP contribution < -0.4 is 11.1 Å². The van der Waals surface area contributed by atoms with Crippen LogP contribution in [-0.4, -0.2) is 47.2 Å². The van der Waals surface area contributed by atoms with Gasteiger partial charge in [-0.3, -0.25) is 0 Å². The van der Waals surface area contributed by atoms with Gasteiger partial charge < -0.3 is 20.5 Å². The molecule has 5 heteroatoms. The molecule has 110 valence electrons. The lowest BCUT2D eigenvalue weighted by molar-refractivity contribution is 0.295. The summed E-state index contributed by atoms with van der Waals surface area (Å²) in [6.07, 6.45) is 3.80. The van der Waals surface area contributed by atoms with Crippen molar-refractivity contribution in [2.75, 3.05) is 32.7 Å². The van der Waals surface area contributed by atoms with Crippen LogP contribution in [0.3, 0.4) is 0 Å². The predicted octanol–water partition coefficient (Wildman–Crippen LogP) is 1.40. The average molecular weight is 267 g/mol. The van der Waals surface area contributed by atoms with Gasteiger partial charge in [0.05, 0.1) is 18.1 Å². The fourth-order valence-corrected chi connectivity index (χ4v) is 2.26. The van der Waals surface area contributed by atoms with Crippen LogP contribution in [0.1, 0.15) is 45.5 Å². The van der Waals surface area contributed by atoms with Gasteiger partial charge in [-0.15, -0.1) is 0 Å². The van der Waals surface area contributed by atoms with Gasteiger partial charge in [-0.25, -0.2) is 4.98 Å². The Morgan fingerprint density at radius 2 is 2.05 bits per heavy atom. The normalized spacial score (nSPS) is 13.4. The second kappa shape index (κ2) is 8.30. The first-order valence-electron chi connectivity index (χ1n) is 7.31. The highest BCUT2D eigenvalue weighted by atomic mass is 15.1. The van der Waals surface area contributed by atoms with Crippen molar-refractivity contribution in [3.05, 3.63) is 18.2 Å². The van der Waals surface area contributed by atoms with Crippen molar-refractivity contribution < 1.29 is 0 Å². The molecule has 1 rings (SSSR count). The second-order valence-electron chi connectivity index (χ2n) is 5.09. The number of nitrogens with zero attached hydrogens (tertiary/aromatic N) is 3. The van der Waals surface area contributed by atoms with E-state index >= 15 is 0 Å². The fourth-order valence-electron chi connectivity index (χ4n) is 2.26. The van der Waals surface area contributed by atoms with E-state index in [4.69, 9.17) is 5.73 Å². The molecule has 1 aromatic rings. The lowest BCUT2D eigenvalue weighted by Crippen LogP contribution is -2.37. The highest BCUT2D eigenvalue weighted by molar-refractivity contribution is 5.07. The molecule has 1 atom stereocenters. The lowest BCUT2D eigenvalue weighted by atomic mass is 10.2. The van der Waals surface area contributed by atoms with E-state index in [-0.39, 0.29) is 6.04 Å². The maximum atomic E-state index is 5.90. The molecule has 0 fully saturated rings. The monoisotopic (exact) mass is 267 g/mol. The third-order valence-electron chi connectivity index (χ3n) is 3.56. The molecule has 0 aromatic carbocycles. The smallest absolute Gasteiger partial charge is 0.0951 e. The minimum atomic E-state index is 0.181. The minimum Gasteiger partial charge on any atom is -0.331 e. The number of likely N-dealkylation sites (N-methyl/N-ethyl adjacent to an activating group) is 1. The van der Waals surface area contributed by atoms with Crippen molar-refractivity contribution in [3.8, 4) is 0 Å². The van der Waals surface area contributed by atoms with Gasteiger partial charge in [0.1, 0.15) is 0 Å². The third-order valence-corrected chi connectivity index (χ3v) is 3.56. The number of imidazole rings is 1. The van der Waals surface area contributed by atoms with Gasteiger partial charge in [0.15, 0.2) is 0 Å². The quantitative estimate of drug-likeness (QED) is 0.710. The van der Waals surface area contributed by atoms with E-state index in [0.29, 0.717) is 12.6 Å². The highest BCUT2D eigenvalue weighted by Crippen LogP contribution is 2.16. The van der Waals surface area contributed by atoms with E-state index in [9.17, 15) is 0 Å². The molecule has 3 N–H and O–H groups in total. The Hall–Kier alpha value is -0.910. The predicted molar refractivity (Wildman–Crippen MR) is 80.2 cm³/mol. The van der Waals surface area contributed by atoms with Crippen molar-refractivity contribution >= 4 is 0 Å². The van der Waals surface area contributed by atoms with Crippen LogP contribution in [0.5, 0.6) is 0 Å². The van der Waals surface area contributed by atoms with Crippen molar-refractivity contribution in [1.82, 2.24) is 19.8 Å². The molecule has 19 heavy (non-hydrogen) atoms. The molecule has 0 aliphatic heterocycles. The van der Waals surface area contributed by atoms with E-state index < -0.39 is 0 Å². The molecule has 0 radical (unpaired) electrons. The summed E-state index contributed by atoms with van der Waals surface area (Å²) in [5.74, 6) is 0. The first kappa shape index (κ1) is 16.1. The fraction of sp³-hybridized carbons (Fsp3) is 0.786. The minimum absolute atomic E-state index is 0.181. The van der Waals surface area contributed by atoms with Gasteiger partial charge in [0, 0.05) is 31.9 Å². The number of rotatable bonds is 9. The number of nitrogens with two attached hydrogens (primary N) is 1. The molecule has 1 aromatic heterocycles. The van der Waals surface area contributed by atoms with Crippen LogP contribution in [-0.2, 0) is 0 Å². The Labute approximate surface area is 117 Å². The van der Waals surface area contributed by atoms with Gasteiger partial charge >= 0.3 is 0 Å². The van der Waals surface area contributed by atoms with Gasteiger partial charge in [-0.2, -0.15) is 0 Å². The number of nitrogens with one attached hydrogen (secondary N) is 1. The zero-order valence-corrected chi connectivity index (χ0v) is 12.8. The van der Waals surface area contributed by atoms with Gasteiger partial charge in [-0.05, 0) is 26.9 Å². The highest BCUT2D eigenvalue weighted by Gasteiger charge is 2.15. The molecule has 1 unspecified atom stereocenters. The summed E-state index contributed by atoms with van der Waals surface area (Å²) in [5.41, 5.74) is 7.08. The van der Waals surface area contributed by atoms with Crippen molar-refractivity contribution in [1.29, 1.82) is 0 Å². The molecule has 0 spiro atoms. The van der Waals surface area contributed by atoms with E-state index in [0.717, 1.165) is 26.2 Å². The molecule has 0 bridgehead atoms. The molecule has 5 nitrogen and oxygen atoms in total. The number of hydrogen-bond donors (Lipinski definition) is 2. The zero-order valence-electron chi connectivity index (χ0n) is 12.8. The summed E-state index contributed by atoms with van der Waals surface area (Å²) >= 11 is 0. The topological polar surface area (TPSA) is 59.1 Å². The maximum Gasteiger partial charge on any atom is 0.0951 e. The lowest BCUT2D eigenvalue weighted by Gasteiger charge is -2.23. The first-order chi connectivity index (χ1) is 9.13.